The zero-order chi connectivity index (χ0) is 13.1. The zero-order valence-electron chi connectivity index (χ0n) is 10.3. The molecular weight excluding hydrogens is 217 g/mol. The minimum absolute atomic E-state index is 0.00839. The first-order chi connectivity index (χ1) is 7.83. The van der Waals surface area contributed by atoms with Gasteiger partial charge in [0.2, 0.25) is 5.69 Å². The monoisotopic (exact) mass is 233 g/mol. The van der Waals surface area contributed by atoms with Crippen LogP contribution in [0.3, 0.4) is 0 Å². The molecule has 4 nitrogen and oxygen atoms in total. The van der Waals surface area contributed by atoms with Crippen LogP contribution >= 0.6 is 0 Å². The van der Waals surface area contributed by atoms with Gasteiger partial charge in [-0.1, -0.05) is 32.9 Å². The van der Waals surface area contributed by atoms with E-state index >= 15 is 0 Å². The van der Waals surface area contributed by atoms with Crippen LogP contribution in [0.4, 0.5) is 5.69 Å². The third-order valence-electron chi connectivity index (χ3n) is 2.06. The normalized spacial score (nSPS) is 10.8. The Morgan fingerprint density at radius 1 is 1.35 bits per heavy atom. The van der Waals surface area contributed by atoms with Crippen molar-refractivity contribution in [2.75, 3.05) is 6.61 Å². The van der Waals surface area contributed by atoms with Gasteiger partial charge in [0.05, 0.1) is 13.2 Å². The van der Waals surface area contributed by atoms with E-state index in [1.165, 1.54) is 12.1 Å². The minimum atomic E-state index is -1.56. The van der Waals surface area contributed by atoms with Crippen LogP contribution in [0, 0.1) is 12.0 Å². The van der Waals surface area contributed by atoms with Crippen molar-refractivity contribution in [2.24, 2.45) is 5.41 Å². The highest BCUT2D eigenvalue weighted by atomic mass is 16.5. The molecule has 0 unspecified atom stereocenters. The van der Waals surface area contributed by atoms with Crippen molar-refractivity contribution in [3.05, 3.63) is 29.6 Å². The topological polar surface area (TPSA) is 54.0 Å². The second kappa shape index (κ2) is 5.22. The van der Waals surface area contributed by atoms with Gasteiger partial charge in [0, 0.05) is 0 Å². The van der Waals surface area contributed by atoms with Crippen molar-refractivity contribution in [2.45, 2.75) is 20.8 Å². The molecule has 0 aliphatic heterocycles. The van der Waals surface area contributed by atoms with Crippen molar-refractivity contribution >= 4 is 18.3 Å². The SMILES string of the molecule is [C-]#[N+]c1cc(B(O)O)ccc1OCC(C)(C)C. The molecule has 0 bridgehead atoms. The molecule has 0 fully saturated rings. The fourth-order valence-corrected chi connectivity index (χ4v) is 1.20. The Kier molecular flexibility index (Phi) is 4.16. The largest absolute Gasteiger partial charge is 0.504 e. The van der Waals surface area contributed by atoms with E-state index in [9.17, 15) is 0 Å². The van der Waals surface area contributed by atoms with Crippen LogP contribution in [0.1, 0.15) is 20.8 Å². The molecule has 90 valence electrons. The molecule has 17 heavy (non-hydrogen) atoms. The van der Waals surface area contributed by atoms with E-state index in [-0.39, 0.29) is 5.41 Å². The minimum Gasteiger partial charge on any atom is -0.504 e. The number of benzene rings is 1. The fraction of sp³-hybridized carbons (Fsp3) is 0.417. The summed E-state index contributed by atoms with van der Waals surface area (Å²) in [7, 11) is -1.56. The number of rotatable bonds is 3. The van der Waals surface area contributed by atoms with Crippen molar-refractivity contribution in [3.63, 3.8) is 0 Å². The summed E-state index contributed by atoms with van der Waals surface area (Å²) < 4.78 is 5.55. The maximum atomic E-state index is 9.01. The lowest BCUT2D eigenvalue weighted by molar-refractivity contribution is 0.199. The lowest BCUT2D eigenvalue weighted by atomic mass is 9.80. The average Bonchev–Trinajstić information content (AvgIpc) is 2.24. The van der Waals surface area contributed by atoms with Crippen LogP contribution in [0.25, 0.3) is 4.85 Å². The molecule has 2 N–H and O–H groups in total. The van der Waals surface area contributed by atoms with Crippen molar-refractivity contribution in [1.82, 2.24) is 0 Å². The summed E-state index contributed by atoms with van der Waals surface area (Å²) in [5.74, 6) is 0.472. The van der Waals surface area contributed by atoms with Gasteiger partial charge in [-0.15, -0.1) is 0 Å². The van der Waals surface area contributed by atoms with Crippen LogP contribution in [-0.4, -0.2) is 23.8 Å². The quantitative estimate of drug-likeness (QED) is 0.611. The molecular formula is C12H16BNO3. The van der Waals surface area contributed by atoms with Crippen LogP contribution in [0.2, 0.25) is 0 Å². The maximum absolute atomic E-state index is 9.01. The van der Waals surface area contributed by atoms with E-state index in [0.717, 1.165) is 0 Å². The Morgan fingerprint density at radius 2 is 2.00 bits per heavy atom. The van der Waals surface area contributed by atoms with Crippen molar-refractivity contribution < 1.29 is 14.8 Å². The van der Waals surface area contributed by atoms with E-state index in [4.69, 9.17) is 21.4 Å². The molecule has 0 heterocycles. The zero-order valence-corrected chi connectivity index (χ0v) is 10.3. The van der Waals surface area contributed by atoms with Crippen LogP contribution in [-0.2, 0) is 0 Å². The van der Waals surface area contributed by atoms with Crippen LogP contribution in [0.5, 0.6) is 5.75 Å². The second-order valence-electron chi connectivity index (χ2n) is 5.06. The molecule has 0 spiro atoms. The Balaban J connectivity index is 2.91. The molecule has 0 radical (unpaired) electrons. The van der Waals surface area contributed by atoms with Crippen molar-refractivity contribution in [1.29, 1.82) is 0 Å². The predicted octanol–water partition coefficient (Wildman–Crippen LogP) is 1.34. The third-order valence-corrected chi connectivity index (χ3v) is 2.06. The smallest absolute Gasteiger partial charge is 0.487 e. The van der Waals surface area contributed by atoms with Gasteiger partial charge >= 0.3 is 7.12 Å². The molecule has 5 heteroatoms. The lowest BCUT2D eigenvalue weighted by Gasteiger charge is -2.19. The lowest BCUT2D eigenvalue weighted by Crippen LogP contribution is -2.29. The first-order valence-corrected chi connectivity index (χ1v) is 5.34. The van der Waals surface area contributed by atoms with E-state index in [2.05, 4.69) is 4.85 Å². The molecule has 0 aromatic heterocycles. The summed E-state index contributed by atoms with van der Waals surface area (Å²) >= 11 is 0. The first-order valence-electron chi connectivity index (χ1n) is 5.34. The van der Waals surface area contributed by atoms with Crippen LogP contribution in [0.15, 0.2) is 18.2 Å². The number of nitrogens with zero attached hydrogens (tertiary/aromatic N) is 1. The van der Waals surface area contributed by atoms with Gasteiger partial charge in [-0.05, 0) is 16.9 Å². The van der Waals surface area contributed by atoms with Gasteiger partial charge in [-0.25, -0.2) is 4.85 Å². The highest BCUT2D eigenvalue weighted by Gasteiger charge is 2.16. The number of ether oxygens (including phenoxy) is 1. The summed E-state index contributed by atoms with van der Waals surface area (Å²) in [6.45, 7) is 13.6. The van der Waals surface area contributed by atoms with Gasteiger partial charge in [0.1, 0.15) is 5.75 Å². The standard InChI is InChI=1S/C12H16BNO3/c1-12(2,3)8-17-11-6-5-9(13(15)16)7-10(11)14-4/h5-7,15-16H,8H2,1-3H3. The third kappa shape index (κ3) is 4.10. The summed E-state index contributed by atoms with van der Waals surface area (Å²) in [4.78, 5) is 3.32. The Labute approximate surface area is 102 Å². The van der Waals surface area contributed by atoms with Gasteiger partial charge in [-0.2, -0.15) is 0 Å². The summed E-state index contributed by atoms with van der Waals surface area (Å²) in [5.41, 5.74) is 0.591. The molecule has 0 aliphatic carbocycles. The highest BCUT2D eigenvalue weighted by Crippen LogP contribution is 2.27. The number of hydrogen-bond acceptors (Lipinski definition) is 3. The first kappa shape index (κ1) is 13.6. The van der Waals surface area contributed by atoms with E-state index in [1.54, 1.807) is 6.07 Å². The predicted molar refractivity (Wildman–Crippen MR) is 67.5 cm³/mol. The van der Waals surface area contributed by atoms with Gasteiger partial charge in [0.15, 0.2) is 0 Å². The molecule has 0 saturated heterocycles. The fourth-order valence-electron chi connectivity index (χ4n) is 1.20. The molecule has 1 aromatic rings. The second-order valence-corrected chi connectivity index (χ2v) is 5.06. The average molecular weight is 233 g/mol. The Hall–Kier alpha value is -1.51. The van der Waals surface area contributed by atoms with Gasteiger partial charge in [0.25, 0.3) is 0 Å². The summed E-state index contributed by atoms with van der Waals surface area (Å²) in [6.07, 6.45) is 0. The van der Waals surface area contributed by atoms with E-state index in [1.807, 2.05) is 20.8 Å². The van der Waals surface area contributed by atoms with Crippen LogP contribution < -0.4 is 10.2 Å². The molecule has 0 aliphatic rings. The molecule has 1 rings (SSSR count). The Bertz CT molecular complexity index is 432. The molecule has 0 amide bonds. The highest BCUT2D eigenvalue weighted by molar-refractivity contribution is 6.58. The van der Waals surface area contributed by atoms with Crippen molar-refractivity contribution in [3.8, 4) is 5.75 Å². The molecule has 1 aromatic carbocycles. The Morgan fingerprint density at radius 3 is 2.47 bits per heavy atom. The summed E-state index contributed by atoms with van der Waals surface area (Å²) in [6, 6.07) is 4.56. The van der Waals surface area contributed by atoms with E-state index < -0.39 is 7.12 Å². The maximum Gasteiger partial charge on any atom is 0.487 e. The molecule has 0 saturated carbocycles. The van der Waals surface area contributed by atoms with E-state index in [0.29, 0.717) is 23.5 Å². The summed E-state index contributed by atoms with van der Waals surface area (Å²) in [5, 5.41) is 18.0. The van der Waals surface area contributed by atoms with Gasteiger partial charge < -0.3 is 14.8 Å². The van der Waals surface area contributed by atoms with Gasteiger partial charge in [-0.3, -0.25) is 0 Å². The molecule has 0 atom stereocenters. The number of hydrogen-bond donors (Lipinski definition) is 2.